The van der Waals surface area contributed by atoms with E-state index in [0.717, 1.165) is 0 Å². The Morgan fingerprint density at radius 2 is 1.22 bits per heavy atom. The van der Waals surface area contributed by atoms with E-state index in [1.807, 2.05) is 0 Å². The van der Waals surface area contributed by atoms with Gasteiger partial charge in [0.25, 0.3) is 0 Å². The van der Waals surface area contributed by atoms with Gasteiger partial charge >= 0.3 is 111 Å². The summed E-state index contributed by atoms with van der Waals surface area (Å²) in [6.07, 6.45) is -1.75. The van der Waals surface area contributed by atoms with Crippen LogP contribution >= 0.6 is 0 Å². The number of ether oxygens (including phenoxy) is 3. The van der Waals surface area contributed by atoms with E-state index in [4.69, 9.17) is 14.2 Å². The van der Waals surface area contributed by atoms with E-state index in [1.165, 1.54) is 20.8 Å². The van der Waals surface area contributed by atoms with Crippen LogP contribution < -0.4 is 0 Å². The molecule has 102 valence electrons. The van der Waals surface area contributed by atoms with E-state index in [1.54, 1.807) is 0 Å². The molecule has 0 amide bonds. The van der Waals surface area contributed by atoms with E-state index in [2.05, 4.69) is 0 Å². The van der Waals surface area contributed by atoms with E-state index in [0.29, 0.717) is 10.6 Å². The zero-order chi connectivity index (χ0) is 13.7. The Morgan fingerprint density at radius 3 is 1.56 bits per heavy atom. The first-order valence-corrected chi connectivity index (χ1v) is 7.92. The molecule has 1 aliphatic heterocycles. The second-order valence-electron chi connectivity index (χ2n) is 3.91. The Bertz CT molecular complexity index is 318. The molecule has 0 N–H and O–H groups in total. The molecule has 0 unspecified atom stereocenters. The molecule has 0 radical (unpaired) electrons. The number of carbonyl (C=O) groups excluding carboxylic acids is 3. The molecule has 0 aromatic rings. The number of rotatable bonds is 3. The molecule has 1 rings (SSSR count). The van der Waals surface area contributed by atoms with Crippen LogP contribution in [-0.4, -0.2) is 51.2 Å². The molecule has 0 bridgehead atoms. The molecule has 1 saturated heterocycles. The normalized spacial score (nSPS) is 24.2. The van der Waals surface area contributed by atoms with Crippen molar-refractivity contribution in [2.75, 3.05) is 0 Å². The third kappa shape index (κ3) is 4.66. The molecular formula is C11H16O6Se. The molecule has 0 aromatic heterocycles. The van der Waals surface area contributed by atoms with Gasteiger partial charge in [0.1, 0.15) is 0 Å². The molecule has 1 fully saturated rings. The molecule has 0 aromatic carbocycles. The van der Waals surface area contributed by atoms with E-state index >= 15 is 0 Å². The summed E-state index contributed by atoms with van der Waals surface area (Å²) in [4.78, 5) is 33.1. The molecule has 6 nitrogen and oxygen atoms in total. The summed E-state index contributed by atoms with van der Waals surface area (Å²) in [7, 11) is 0. The predicted octanol–water partition coefficient (Wildman–Crippen LogP) is 0.336. The van der Waals surface area contributed by atoms with Crippen LogP contribution in [-0.2, 0) is 28.6 Å². The van der Waals surface area contributed by atoms with Gasteiger partial charge in [0.05, 0.1) is 0 Å². The fraction of sp³-hybridized carbons (Fsp3) is 0.727. The van der Waals surface area contributed by atoms with Gasteiger partial charge in [-0.25, -0.2) is 0 Å². The standard InChI is InChI=1S/C11H16O6Se/c1-6(12)15-9-4-18-5-10(16-7(2)13)11(9)17-8(3)14/h9-11H,4-5H2,1-3H3/t9-,10-/m1/s1. The number of esters is 3. The topological polar surface area (TPSA) is 78.9 Å². The van der Waals surface area contributed by atoms with Crippen molar-refractivity contribution in [3.05, 3.63) is 0 Å². The number of hydrogen-bond donors (Lipinski definition) is 0. The summed E-state index contributed by atoms with van der Waals surface area (Å²) in [6.45, 7) is 3.87. The summed E-state index contributed by atoms with van der Waals surface area (Å²) < 4.78 is 15.4. The number of carbonyl (C=O) groups is 3. The molecular weight excluding hydrogens is 307 g/mol. The Hall–Kier alpha value is -1.07. The predicted molar refractivity (Wildman–Crippen MR) is 62.0 cm³/mol. The van der Waals surface area contributed by atoms with E-state index < -0.39 is 36.2 Å². The van der Waals surface area contributed by atoms with E-state index in [-0.39, 0.29) is 15.0 Å². The molecule has 7 heteroatoms. The molecule has 18 heavy (non-hydrogen) atoms. The SMILES string of the molecule is CC(=O)OC1[C@H](OC(C)=O)C[Se]C[C@H]1OC(C)=O. The van der Waals surface area contributed by atoms with Crippen LogP contribution in [0, 0.1) is 0 Å². The van der Waals surface area contributed by atoms with Crippen LogP contribution in [0.25, 0.3) is 0 Å². The summed E-state index contributed by atoms with van der Waals surface area (Å²) >= 11 is 0.191. The molecule has 1 heterocycles. The summed E-state index contributed by atoms with van der Waals surface area (Å²) in [6, 6.07) is 0. The van der Waals surface area contributed by atoms with Crippen LogP contribution in [0.5, 0.6) is 0 Å². The second kappa shape index (κ2) is 6.75. The monoisotopic (exact) mass is 324 g/mol. The third-order valence-corrected chi connectivity index (χ3v) is 4.60. The van der Waals surface area contributed by atoms with Crippen LogP contribution in [0.2, 0.25) is 10.6 Å². The summed E-state index contributed by atoms with van der Waals surface area (Å²) in [5, 5.41) is 1.31. The quantitative estimate of drug-likeness (QED) is 0.423. The summed E-state index contributed by atoms with van der Waals surface area (Å²) in [5.41, 5.74) is 0. The van der Waals surface area contributed by atoms with Gasteiger partial charge in [-0.3, -0.25) is 0 Å². The van der Waals surface area contributed by atoms with Crippen molar-refractivity contribution in [3.63, 3.8) is 0 Å². The third-order valence-electron chi connectivity index (χ3n) is 2.23. The zero-order valence-corrected chi connectivity index (χ0v) is 12.2. The fourth-order valence-corrected chi connectivity index (χ4v) is 4.04. The van der Waals surface area contributed by atoms with Gasteiger partial charge in [-0.15, -0.1) is 0 Å². The van der Waals surface area contributed by atoms with Crippen LogP contribution in [0.4, 0.5) is 0 Å². The molecule has 2 atom stereocenters. The zero-order valence-electron chi connectivity index (χ0n) is 10.5. The molecule has 0 saturated carbocycles. The molecule has 0 spiro atoms. The van der Waals surface area contributed by atoms with E-state index in [9.17, 15) is 14.4 Å². The Labute approximate surface area is 111 Å². The van der Waals surface area contributed by atoms with Gasteiger partial charge in [0, 0.05) is 0 Å². The molecule has 0 aliphatic carbocycles. The fourth-order valence-electron chi connectivity index (χ4n) is 1.70. The minimum atomic E-state index is -0.703. The Kier molecular flexibility index (Phi) is 5.62. The van der Waals surface area contributed by atoms with Crippen molar-refractivity contribution in [2.24, 2.45) is 0 Å². The second-order valence-corrected chi connectivity index (χ2v) is 6.16. The first-order valence-electron chi connectivity index (χ1n) is 5.49. The average Bonchev–Trinajstić information content (AvgIpc) is 2.20. The van der Waals surface area contributed by atoms with Gasteiger partial charge in [-0.05, 0) is 0 Å². The first kappa shape index (κ1) is 15.0. The van der Waals surface area contributed by atoms with Gasteiger partial charge in [-0.2, -0.15) is 0 Å². The Morgan fingerprint density at radius 1 is 0.833 bits per heavy atom. The Balaban J connectivity index is 2.78. The minimum absolute atomic E-state index is 0.191. The van der Waals surface area contributed by atoms with Crippen molar-refractivity contribution >= 4 is 32.9 Å². The maximum absolute atomic E-state index is 11.1. The maximum atomic E-state index is 11.1. The van der Waals surface area contributed by atoms with Crippen molar-refractivity contribution in [1.29, 1.82) is 0 Å². The van der Waals surface area contributed by atoms with Crippen LogP contribution in [0.15, 0.2) is 0 Å². The molecule has 1 aliphatic rings. The van der Waals surface area contributed by atoms with Crippen molar-refractivity contribution in [1.82, 2.24) is 0 Å². The van der Waals surface area contributed by atoms with Gasteiger partial charge in [0.15, 0.2) is 0 Å². The van der Waals surface area contributed by atoms with Crippen LogP contribution in [0.3, 0.4) is 0 Å². The first-order chi connectivity index (χ1) is 8.40. The number of hydrogen-bond acceptors (Lipinski definition) is 6. The summed E-state index contributed by atoms with van der Waals surface area (Å²) in [5.74, 6) is -1.35. The average molecular weight is 323 g/mol. The van der Waals surface area contributed by atoms with Crippen LogP contribution in [0.1, 0.15) is 20.8 Å². The van der Waals surface area contributed by atoms with Crippen molar-refractivity contribution in [3.8, 4) is 0 Å². The van der Waals surface area contributed by atoms with Crippen molar-refractivity contribution in [2.45, 2.75) is 49.7 Å². The van der Waals surface area contributed by atoms with Gasteiger partial charge in [-0.1, -0.05) is 0 Å². The van der Waals surface area contributed by atoms with Crippen molar-refractivity contribution < 1.29 is 28.6 Å². The van der Waals surface area contributed by atoms with Gasteiger partial charge in [0.2, 0.25) is 0 Å². The van der Waals surface area contributed by atoms with Gasteiger partial charge < -0.3 is 0 Å².